The van der Waals surface area contributed by atoms with Crippen LogP contribution in [0.5, 0.6) is 0 Å². The minimum atomic E-state index is -0.988. The summed E-state index contributed by atoms with van der Waals surface area (Å²) in [6.45, 7) is 6.84. The van der Waals surface area contributed by atoms with Gasteiger partial charge in [-0.15, -0.1) is 0 Å². The van der Waals surface area contributed by atoms with Gasteiger partial charge in [0.25, 0.3) is 0 Å². The Balaban J connectivity index is 1.62. The van der Waals surface area contributed by atoms with Gasteiger partial charge in [-0.3, -0.25) is 5.32 Å². The first-order valence-corrected chi connectivity index (χ1v) is 10.9. The molecule has 0 saturated carbocycles. The number of aryl methyl sites for hydroxylation is 1. The highest BCUT2D eigenvalue weighted by atomic mass is 32.1. The Kier molecular flexibility index (Phi) is 6.02. The second-order valence-electron chi connectivity index (χ2n) is 7.78. The summed E-state index contributed by atoms with van der Waals surface area (Å²) in [4.78, 5) is 31.9. The molecular formula is C19H27N7O3S. The SMILES string of the molecule is Cc1nc(Nc2nc(N3CCC(O)CC3)cc(N3CCN(C)CC3)n2)sc1C(=O)O. The molecule has 10 nitrogen and oxygen atoms in total. The standard InChI is InChI=1S/C19H27N7O3S/c1-12-16(17(28)29)30-19(20-12)23-18-21-14(25-5-3-13(27)4-6-25)11-15(22-18)26-9-7-24(2)8-10-26/h11,13,27H,3-10H2,1-2H3,(H,28,29)(H,20,21,22,23). The molecule has 4 heterocycles. The lowest BCUT2D eigenvalue weighted by molar-refractivity contribution is 0.0701. The van der Waals surface area contributed by atoms with Crippen molar-refractivity contribution >= 4 is 40.0 Å². The number of aliphatic hydroxyl groups excluding tert-OH is 1. The summed E-state index contributed by atoms with van der Waals surface area (Å²) in [7, 11) is 2.11. The molecule has 3 N–H and O–H groups in total. The number of likely N-dealkylation sites (N-methyl/N-ethyl adjacent to an activating group) is 1. The Hall–Kier alpha value is -2.50. The molecule has 2 aliphatic heterocycles. The summed E-state index contributed by atoms with van der Waals surface area (Å²) >= 11 is 1.08. The number of nitrogens with one attached hydrogen (secondary N) is 1. The number of hydrogen-bond donors (Lipinski definition) is 3. The molecular weight excluding hydrogens is 406 g/mol. The third-order valence-corrected chi connectivity index (χ3v) is 6.59. The number of hydrogen-bond acceptors (Lipinski definition) is 10. The predicted molar refractivity (Wildman–Crippen MR) is 116 cm³/mol. The van der Waals surface area contributed by atoms with Gasteiger partial charge in [-0.1, -0.05) is 11.3 Å². The summed E-state index contributed by atoms with van der Waals surface area (Å²) in [6, 6.07) is 2.00. The summed E-state index contributed by atoms with van der Waals surface area (Å²) in [5.41, 5.74) is 0.468. The van der Waals surface area contributed by atoms with E-state index in [2.05, 4.69) is 37.0 Å². The van der Waals surface area contributed by atoms with Crippen molar-refractivity contribution in [1.82, 2.24) is 19.9 Å². The van der Waals surface area contributed by atoms with Crippen LogP contribution in [0.1, 0.15) is 28.2 Å². The molecule has 0 bridgehead atoms. The number of aromatic carboxylic acids is 1. The zero-order chi connectivity index (χ0) is 21.3. The number of thiazole rings is 1. The van der Waals surface area contributed by atoms with E-state index in [4.69, 9.17) is 4.98 Å². The number of piperidine rings is 1. The third kappa shape index (κ3) is 4.63. The molecule has 4 rings (SSSR count). The number of aromatic nitrogens is 3. The molecule has 162 valence electrons. The van der Waals surface area contributed by atoms with Crippen molar-refractivity contribution in [3.8, 4) is 0 Å². The van der Waals surface area contributed by atoms with Crippen LogP contribution in [0.3, 0.4) is 0 Å². The second-order valence-corrected chi connectivity index (χ2v) is 8.78. The van der Waals surface area contributed by atoms with Crippen molar-refractivity contribution in [3.63, 3.8) is 0 Å². The normalized spacial score (nSPS) is 18.6. The molecule has 2 aromatic heterocycles. The summed E-state index contributed by atoms with van der Waals surface area (Å²) in [6.07, 6.45) is 1.17. The first-order chi connectivity index (χ1) is 14.4. The van der Waals surface area contributed by atoms with Gasteiger partial charge in [0.1, 0.15) is 16.5 Å². The molecule has 0 amide bonds. The van der Waals surface area contributed by atoms with Gasteiger partial charge in [-0.2, -0.15) is 9.97 Å². The summed E-state index contributed by atoms with van der Waals surface area (Å²) in [5.74, 6) is 1.06. The van der Waals surface area contributed by atoms with Gasteiger partial charge in [-0.25, -0.2) is 9.78 Å². The van der Waals surface area contributed by atoms with Gasteiger partial charge in [-0.05, 0) is 26.8 Å². The zero-order valence-corrected chi connectivity index (χ0v) is 18.0. The van der Waals surface area contributed by atoms with Gasteiger partial charge in [0.2, 0.25) is 5.95 Å². The lowest BCUT2D eigenvalue weighted by atomic mass is 10.1. The first kappa shape index (κ1) is 20.8. The fourth-order valence-corrected chi connectivity index (χ4v) is 4.48. The Bertz CT molecular complexity index is 865. The van der Waals surface area contributed by atoms with Gasteiger partial charge in [0, 0.05) is 45.3 Å². The van der Waals surface area contributed by atoms with E-state index in [0.29, 0.717) is 29.6 Å². The van der Waals surface area contributed by atoms with Crippen molar-refractivity contribution in [3.05, 3.63) is 16.6 Å². The van der Waals surface area contributed by atoms with Crippen LogP contribution in [-0.2, 0) is 0 Å². The van der Waals surface area contributed by atoms with Crippen LogP contribution >= 0.6 is 11.3 Å². The number of rotatable bonds is 5. The average Bonchev–Trinajstić information content (AvgIpc) is 3.09. The maximum Gasteiger partial charge on any atom is 0.347 e. The van der Waals surface area contributed by atoms with Crippen LogP contribution in [0.15, 0.2) is 6.07 Å². The molecule has 2 aliphatic rings. The number of piperazine rings is 1. The van der Waals surface area contributed by atoms with E-state index < -0.39 is 5.97 Å². The van der Waals surface area contributed by atoms with Crippen molar-refractivity contribution in [2.24, 2.45) is 0 Å². The number of carboxylic acid groups (broad SMARTS) is 1. The molecule has 0 atom stereocenters. The molecule has 0 aliphatic carbocycles. The highest BCUT2D eigenvalue weighted by Crippen LogP contribution is 2.28. The lowest BCUT2D eigenvalue weighted by Gasteiger charge is -2.35. The topological polar surface area (TPSA) is 118 Å². The largest absolute Gasteiger partial charge is 0.477 e. The third-order valence-electron chi connectivity index (χ3n) is 5.52. The fourth-order valence-electron chi connectivity index (χ4n) is 3.68. The van der Waals surface area contributed by atoms with Crippen molar-refractivity contribution < 1.29 is 15.0 Å². The fraction of sp³-hybridized carbons (Fsp3) is 0.579. The maximum atomic E-state index is 11.3. The monoisotopic (exact) mass is 433 g/mol. The minimum absolute atomic E-state index is 0.206. The molecule has 0 aromatic carbocycles. The van der Waals surface area contributed by atoms with Crippen LogP contribution in [-0.4, -0.2) is 88.5 Å². The Labute approximate surface area is 179 Å². The lowest BCUT2D eigenvalue weighted by Crippen LogP contribution is -2.45. The number of carbonyl (C=O) groups is 1. The van der Waals surface area contributed by atoms with E-state index in [9.17, 15) is 15.0 Å². The van der Waals surface area contributed by atoms with Gasteiger partial charge >= 0.3 is 5.97 Å². The second kappa shape index (κ2) is 8.70. The van der Waals surface area contributed by atoms with E-state index in [1.165, 1.54) is 0 Å². The first-order valence-electron chi connectivity index (χ1n) is 10.1. The number of carboxylic acids is 1. The average molecular weight is 434 g/mol. The minimum Gasteiger partial charge on any atom is -0.477 e. The van der Waals surface area contributed by atoms with Crippen LogP contribution in [0.25, 0.3) is 0 Å². The van der Waals surface area contributed by atoms with Crippen molar-refractivity contribution in [1.29, 1.82) is 0 Å². The van der Waals surface area contributed by atoms with Crippen molar-refractivity contribution in [2.45, 2.75) is 25.9 Å². The van der Waals surface area contributed by atoms with Crippen LogP contribution in [0, 0.1) is 6.92 Å². The summed E-state index contributed by atoms with van der Waals surface area (Å²) < 4.78 is 0. The molecule has 2 fully saturated rings. The zero-order valence-electron chi connectivity index (χ0n) is 17.2. The molecule has 11 heteroatoms. The highest BCUT2D eigenvalue weighted by Gasteiger charge is 2.23. The van der Waals surface area contributed by atoms with Gasteiger partial charge in [0.05, 0.1) is 11.8 Å². The number of nitrogens with zero attached hydrogens (tertiary/aromatic N) is 6. The molecule has 0 spiro atoms. The number of anilines is 4. The van der Waals surface area contributed by atoms with Crippen LogP contribution in [0.2, 0.25) is 0 Å². The van der Waals surface area contributed by atoms with Crippen LogP contribution in [0.4, 0.5) is 22.7 Å². The summed E-state index contributed by atoms with van der Waals surface area (Å²) in [5, 5.41) is 22.7. The molecule has 2 saturated heterocycles. The predicted octanol–water partition coefficient (Wildman–Crippen LogP) is 1.40. The van der Waals surface area contributed by atoms with E-state index in [-0.39, 0.29) is 11.0 Å². The molecule has 2 aromatic rings. The van der Waals surface area contributed by atoms with E-state index >= 15 is 0 Å². The van der Waals surface area contributed by atoms with Crippen LogP contribution < -0.4 is 15.1 Å². The molecule has 0 unspecified atom stereocenters. The number of aliphatic hydroxyl groups is 1. The molecule has 30 heavy (non-hydrogen) atoms. The van der Waals surface area contributed by atoms with E-state index in [0.717, 1.165) is 62.2 Å². The quantitative estimate of drug-likeness (QED) is 0.638. The highest BCUT2D eigenvalue weighted by molar-refractivity contribution is 7.17. The Morgan fingerprint density at radius 3 is 2.23 bits per heavy atom. The van der Waals surface area contributed by atoms with Gasteiger partial charge < -0.3 is 24.9 Å². The Morgan fingerprint density at radius 1 is 1.07 bits per heavy atom. The van der Waals surface area contributed by atoms with E-state index in [1.807, 2.05) is 6.07 Å². The molecule has 0 radical (unpaired) electrons. The Morgan fingerprint density at radius 2 is 1.67 bits per heavy atom. The van der Waals surface area contributed by atoms with Crippen molar-refractivity contribution in [2.75, 3.05) is 61.4 Å². The van der Waals surface area contributed by atoms with E-state index in [1.54, 1.807) is 6.92 Å². The smallest absolute Gasteiger partial charge is 0.347 e. The maximum absolute atomic E-state index is 11.3. The van der Waals surface area contributed by atoms with Gasteiger partial charge in [0.15, 0.2) is 5.13 Å².